The average Bonchev–Trinajstić information content (AvgIpc) is 2.87. The molecule has 5 rings (SSSR count). The molecule has 2 aliphatic heterocycles. The van der Waals surface area contributed by atoms with Crippen molar-refractivity contribution in [2.24, 2.45) is 0 Å². The zero-order chi connectivity index (χ0) is 24.4. The molecule has 0 spiro atoms. The Bertz CT molecular complexity index is 1320. The number of rotatable bonds is 5. The molecular formula is C28H26N2O4S. The summed E-state index contributed by atoms with van der Waals surface area (Å²) in [4.78, 5) is 29.5. The van der Waals surface area contributed by atoms with Gasteiger partial charge in [0.1, 0.15) is 13.2 Å². The Morgan fingerprint density at radius 3 is 2.63 bits per heavy atom. The number of carbonyl (C=O) groups is 2. The fourth-order valence-corrected chi connectivity index (χ4v) is 5.19. The second-order valence-corrected chi connectivity index (χ2v) is 9.61. The normalized spacial score (nSPS) is 16.6. The van der Waals surface area contributed by atoms with Crippen molar-refractivity contribution in [2.45, 2.75) is 31.3 Å². The molecule has 3 aromatic rings. The number of carbonyl (C=O) groups excluding carboxylic acids is 2. The van der Waals surface area contributed by atoms with Crippen LogP contribution in [-0.4, -0.2) is 25.0 Å². The maximum Gasteiger partial charge on any atom is 0.265 e. The molecule has 1 unspecified atom stereocenters. The van der Waals surface area contributed by atoms with Gasteiger partial charge >= 0.3 is 0 Å². The standard InChI is InChI=1S/C28H26N2O4S/c1-18-7-3-4-8-21(18)17-30-22-9-5-6-10-25(22)35-26(28(30)32)16-27(31)29-19(2)20-11-12-23-24(15-20)34-14-13-33-23/h3-12,15-16,19H,13-14,17H2,1-2H3,(H,29,31). The number of ether oxygens (including phenoxy) is 2. The highest BCUT2D eigenvalue weighted by Crippen LogP contribution is 2.42. The van der Waals surface area contributed by atoms with Gasteiger partial charge in [-0.2, -0.15) is 0 Å². The van der Waals surface area contributed by atoms with E-state index in [1.54, 1.807) is 4.90 Å². The van der Waals surface area contributed by atoms with E-state index in [0.717, 1.165) is 27.3 Å². The fourth-order valence-electron chi connectivity index (χ4n) is 4.16. The molecule has 35 heavy (non-hydrogen) atoms. The highest BCUT2D eigenvalue weighted by molar-refractivity contribution is 8.04. The number of nitrogens with one attached hydrogen (secondary N) is 1. The van der Waals surface area contributed by atoms with E-state index in [0.29, 0.717) is 36.2 Å². The van der Waals surface area contributed by atoms with Crippen LogP contribution in [0.2, 0.25) is 0 Å². The van der Waals surface area contributed by atoms with Crippen LogP contribution >= 0.6 is 11.8 Å². The summed E-state index contributed by atoms with van der Waals surface area (Å²) in [5.74, 6) is 0.879. The molecule has 178 valence electrons. The number of hydrogen-bond acceptors (Lipinski definition) is 5. The van der Waals surface area contributed by atoms with Gasteiger partial charge in [-0.15, -0.1) is 0 Å². The topological polar surface area (TPSA) is 67.9 Å². The van der Waals surface area contributed by atoms with E-state index in [9.17, 15) is 9.59 Å². The molecule has 0 saturated carbocycles. The van der Waals surface area contributed by atoms with Crippen molar-refractivity contribution in [3.8, 4) is 11.5 Å². The minimum atomic E-state index is -0.321. The van der Waals surface area contributed by atoms with E-state index in [2.05, 4.69) is 5.32 Å². The van der Waals surface area contributed by atoms with Gasteiger partial charge in [-0.3, -0.25) is 9.59 Å². The van der Waals surface area contributed by atoms with Crippen LogP contribution in [0, 0.1) is 6.92 Å². The van der Waals surface area contributed by atoms with Gasteiger partial charge in [0.15, 0.2) is 11.5 Å². The summed E-state index contributed by atoms with van der Waals surface area (Å²) in [6.45, 7) is 5.41. The van der Waals surface area contributed by atoms with E-state index in [1.165, 1.54) is 17.8 Å². The van der Waals surface area contributed by atoms with Crippen molar-refractivity contribution in [3.63, 3.8) is 0 Å². The van der Waals surface area contributed by atoms with Gasteiger partial charge in [-0.1, -0.05) is 54.2 Å². The molecule has 0 radical (unpaired) electrons. The number of fused-ring (bicyclic) bond motifs is 2. The van der Waals surface area contributed by atoms with Gasteiger partial charge in [0.25, 0.3) is 5.91 Å². The second-order valence-electron chi connectivity index (χ2n) is 8.53. The summed E-state index contributed by atoms with van der Waals surface area (Å²) < 4.78 is 11.2. The summed E-state index contributed by atoms with van der Waals surface area (Å²) in [5, 5.41) is 2.97. The first-order valence-corrected chi connectivity index (χ1v) is 12.4. The Labute approximate surface area is 208 Å². The molecule has 7 heteroatoms. The number of anilines is 1. The molecule has 6 nitrogen and oxygen atoms in total. The molecule has 0 aromatic heterocycles. The fraction of sp³-hybridized carbons (Fsp3) is 0.214. The van der Waals surface area contributed by atoms with Crippen LogP contribution in [-0.2, 0) is 16.1 Å². The molecule has 1 N–H and O–H groups in total. The Hall–Kier alpha value is -3.71. The van der Waals surface area contributed by atoms with Gasteiger partial charge in [-0.05, 0) is 54.8 Å². The number of para-hydroxylation sites is 1. The van der Waals surface area contributed by atoms with Crippen LogP contribution in [0.25, 0.3) is 0 Å². The van der Waals surface area contributed by atoms with E-state index >= 15 is 0 Å². The van der Waals surface area contributed by atoms with Gasteiger partial charge < -0.3 is 19.7 Å². The molecule has 0 fully saturated rings. The molecule has 0 bridgehead atoms. The minimum absolute atomic E-state index is 0.181. The summed E-state index contributed by atoms with van der Waals surface area (Å²) in [7, 11) is 0. The number of hydrogen-bond donors (Lipinski definition) is 1. The quantitative estimate of drug-likeness (QED) is 0.504. The van der Waals surface area contributed by atoms with Gasteiger partial charge in [0.05, 0.1) is 23.2 Å². The van der Waals surface area contributed by atoms with Crippen molar-refractivity contribution in [2.75, 3.05) is 18.1 Å². The van der Waals surface area contributed by atoms with Gasteiger partial charge in [0.2, 0.25) is 5.91 Å². The monoisotopic (exact) mass is 486 g/mol. The molecular weight excluding hydrogens is 460 g/mol. The van der Waals surface area contributed by atoms with Crippen LogP contribution in [0.4, 0.5) is 5.69 Å². The first-order valence-electron chi connectivity index (χ1n) is 11.5. The number of amides is 2. The van der Waals surface area contributed by atoms with Crippen molar-refractivity contribution in [1.82, 2.24) is 5.32 Å². The molecule has 3 aromatic carbocycles. The van der Waals surface area contributed by atoms with Crippen LogP contribution in [0.5, 0.6) is 11.5 Å². The summed E-state index contributed by atoms with van der Waals surface area (Å²) >= 11 is 1.33. The first kappa shape index (κ1) is 23.1. The Kier molecular flexibility index (Phi) is 6.51. The lowest BCUT2D eigenvalue weighted by molar-refractivity contribution is -0.118. The number of aryl methyl sites for hydroxylation is 1. The van der Waals surface area contributed by atoms with Crippen LogP contribution in [0.1, 0.15) is 29.7 Å². The SMILES string of the molecule is Cc1ccccc1CN1C(=O)C(=CC(=O)NC(C)c2ccc3c(c2)OCCO3)Sc2ccccc21. The van der Waals surface area contributed by atoms with Crippen molar-refractivity contribution >= 4 is 29.3 Å². The Morgan fingerprint density at radius 1 is 1.06 bits per heavy atom. The molecule has 2 aliphatic rings. The maximum absolute atomic E-state index is 13.5. The number of benzene rings is 3. The minimum Gasteiger partial charge on any atom is -0.486 e. The second kappa shape index (κ2) is 9.88. The molecule has 2 heterocycles. The third kappa shape index (κ3) is 4.91. The van der Waals surface area contributed by atoms with Crippen molar-refractivity contribution in [3.05, 3.63) is 94.4 Å². The lowest BCUT2D eigenvalue weighted by atomic mass is 10.1. The number of thioether (sulfide) groups is 1. The highest BCUT2D eigenvalue weighted by atomic mass is 32.2. The number of nitrogens with zero attached hydrogens (tertiary/aromatic N) is 1. The zero-order valence-electron chi connectivity index (χ0n) is 19.6. The Balaban J connectivity index is 1.36. The highest BCUT2D eigenvalue weighted by Gasteiger charge is 2.30. The smallest absolute Gasteiger partial charge is 0.265 e. The van der Waals surface area contributed by atoms with Crippen molar-refractivity contribution < 1.29 is 19.1 Å². The van der Waals surface area contributed by atoms with Crippen molar-refractivity contribution in [1.29, 1.82) is 0 Å². The summed E-state index contributed by atoms with van der Waals surface area (Å²) in [5.41, 5.74) is 3.94. The molecule has 0 aliphatic carbocycles. The zero-order valence-corrected chi connectivity index (χ0v) is 20.4. The summed E-state index contributed by atoms with van der Waals surface area (Å²) in [6, 6.07) is 21.2. The maximum atomic E-state index is 13.5. The first-order chi connectivity index (χ1) is 17.0. The molecule has 1 atom stereocenters. The van der Waals surface area contributed by atoms with Crippen LogP contribution < -0.4 is 19.7 Å². The van der Waals surface area contributed by atoms with E-state index < -0.39 is 0 Å². The lowest BCUT2D eigenvalue weighted by Gasteiger charge is -2.30. The predicted molar refractivity (Wildman–Crippen MR) is 137 cm³/mol. The van der Waals surface area contributed by atoms with Gasteiger partial charge in [-0.25, -0.2) is 0 Å². The predicted octanol–water partition coefficient (Wildman–Crippen LogP) is 5.17. The Morgan fingerprint density at radius 2 is 1.80 bits per heavy atom. The largest absolute Gasteiger partial charge is 0.486 e. The average molecular weight is 487 g/mol. The summed E-state index contributed by atoms with van der Waals surface area (Å²) in [6.07, 6.45) is 1.41. The third-order valence-corrected chi connectivity index (χ3v) is 7.19. The van der Waals surface area contributed by atoms with E-state index in [-0.39, 0.29) is 17.9 Å². The molecule has 2 amide bonds. The van der Waals surface area contributed by atoms with E-state index in [4.69, 9.17) is 9.47 Å². The van der Waals surface area contributed by atoms with Crippen LogP contribution in [0.3, 0.4) is 0 Å². The van der Waals surface area contributed by atoms with Crippen LogP contribution in [0.15, 0.2) is 82.6 Å². The van der Waals surface area contributed by atoms with E-state index in [1.807, 2.05) is 80.6 Å². The van der Waals surface area contributed by atoms with Gasteiger partial charge in [0, 0.05) is 11.0 Å². The third-order valence-electron chi connectivity index (χ3n) is 6.11. The lowest BCUT2D eigenvalue weighted by Crippen LogP contribution is -2.35. The molecule has 0 saturated heterocycles.